The lowest BCUT2D eigenvalue weighted by atomic mass is 9.93. The number of nitrogens with zero attached hydrogens (tertiary/aromatic N) is 4. The normalized spacial score (nSPS) is 20.3. The summed E-state index contributed by atoms with van der Waals surface area (Å²) < 4.78 is 7.97. The van der Waals surface area contributed by atoms with Gasteiger partial charge in [-0.2, -0.15) is 5.10 Å². The number of hydrogen-bond donors (Lipinski definition) is 2. The maximum absolute atomic E-state index is 5.91. The Morgan fingerprint density at radius 3 is 2.94 bits per heavy atom. The van der Waals surface area contributed by atoms with Gasteiger partial charge in [0.2, 0.25) is 0 Å². The molecule has 3 aliphatic rings. The molecule has 2 aromatic rings. The Kier molecular flexibility index (Phi) is 6.28. The van der Waals surface area contributed by atoms with Gasteiger partial charge in [0.25, 0.3) is 0 Å². The second-order valence-electron chi connectivity index (χ2n) is 8.94. The minimum absolute atomic E-state index is 0.452. The molecule has 7 heteroatoms. The van der Waals surface area contributed by atoms with E-state index in [9.17, 15) is 0 Å². The molecule has 32 heavy (non-hydrogen) atoms. The van der Waals surface area contributed by atoms with Gasteiger partial charge >= 0.3 is 0 Å². The summed E-state index contributed by atoms with van der Waals surface area (Å²) in [4.78, 5) is 6.52. The summed E-state index contributed by atoms with van der Waals surface area (Å²) in [7, 11) is 1.79. The maximum Gasteiger partial charge on any atom is 0.0974 e. The van der Waals surface area contributed by atoms with Crippen LogP contribution in [0.2, 0.25) is 0 Å². The van der Waals surface area contributed by atoms with E-state index in [1.807, 2.05) is 6.21 Å². The molecule has 1 aromatic heterocycles. The fourth-order valence-electron chi connectivity index (χ4n) is 5.44. The fraction of sp³-hybridized carbons (Fsp3) is 0.520. The van der Waals surface area contributed by atoms with E-state index in [4.69, 9.17) is 15.6 Å². The quantitative estimate of drug-likeness (QED) is 0.724. The minimum Gasteiger partial charge on any atom is -0.403 e. The summed E-state index contributed by atoms with van der Waals surface area (Å²) in [6.45, 7) is 5.41. The molecule has 0 saturated carbocycles. The molecule has 5 rings (SSSR count). The molecule has 1 fully saturated rings. The first-order valence-electron chi connectivity index (χ1n) is 11.9. The van der Waals surface area contributed by atoms with Gasteiger partial charge in [-0.15, -0.1) is 0 Å². The highest BCUT2D eigenvalue weighted by molar-refractivity contribution is 5.77. The molecular weight excluding hydrogens is 400 g/mol. The molecule has 0 atom stereocenters. The highest BCUT2D eigenvalue weighted by atomic mass is 16.5. The summed E-state index contributed by atoms with van der Waals surface area (Å²) >= 11 is 0. The van der Waals surface area contributed by atoms with Crippen LogP contribution in [-0.4, -0.2) is 54.2 Å². The van der Waals surface area contributed by atoms with Crippen molar-refractivity contribution in [2.24, 2.45) is 10.7 Å². The lowest BCUT2D eigenvalue weighted by molar-refractivity contribution is 0.0654. The summed E-state index contributed by atoms with van der Waals surface area (Å²) in [6, 6.07) is 7.17. The van der Waals surface area contributed by atoms with Gasteiger partial charge in [-0.1, -0.05) is 18.2 Å². The van der Waals surface area contributed by atoms with Crippen molar-refractivity contribution in [3.05, 3.63) is 52.5 Å². The van der Waals surface area contributed by atoms with Crippen LogP contribution < -0.4 is 11.1 Å². The van der Waals surface area contributed by atoms with E-state index in [0.29, 0.717) is 6.04 Å². The predicted octanol–water partition coefficient (Wildman–Crippen LogP) is 2.80. The van der Waals surface area contributed by atoms with E-state index in [1.54, 1.807) is 13.2 Å². The Bertz CT molecular complexity index is 1020. The Morgan fingerprint density at radius 2 is 2.12 bits per heavy atom. The van der Waals surface area contributed by atoms with Gasteiger partial charge in [0.15, 0.2) is 0 Å². The molecule has 7 nitrogen and oxygen atoms in total. The van der Waals surface area contributed by atoms with Gasteiger partial charge in [-0.3, -0.25) is 9.67 Å². The number of allylic oxidation sites excluding steroid dienone is 1. The molecule has 4 heterocycles. The third-order valence-corrected chi connectivity index (χ3v) is 7.04. The first-order valence-corrected chi connectivity index (χ1v) is 11.9. The van der Waals surface area contributed by atoms with Crippen LogP contribution in [0.1, 0.15) is 47.7 Å². The lowest BCUT2D eigenvalue weighted by Crippen LogP contribution is -2.28. The Morgan fingerprint density at radius 1 is 1.25 bits per heavy atom. The van der Waals surface area contributed by atoms with Crippen LogP contribution in [0.5, 0.6) is 0 Å². The second-order valence-corrected chi connectivity index (χ2v) is 8.94. The van der Waals surface area contributed by atoms with Crippen LogP contribution >= 0.6 is 0 Å². The summed E-state index contributed by atoms with van der Waals surface area (Å²) in [6.07, 6.45) is 8.80. The third-order valence-electron chi connectivity index (χ3n) is 7.04. The van der Waals surface area contributed by atoms with Crippen molar-refractivity contribution in [2.45, 2.75) is 51.2 Å². The van der Waals surface area contributed by atoms with E-state index >= 15 is 0 Å². The van der Waals surface area contributed by atoms with Crippen molar-refractivity contribution in [1.82, 2.24) is 20.0 Å². The van der Waals surface area contributed by atoms with Gasteiger partial charge in [0, 0.05) is 82.1 Å². The van der Waals surface area contributed by atoms with Crippen LogP contribution in [-0.2, 0) is 30.7 Å². The first-order chi connectivity index (χ1) is 15.8. The summed E-state index contributed by atoms with van der Waals surface area (Å²) in [5.74, 6) is 0. The molecule has 0 bridgehead atoms. The van der Waals surface area contributed by atoms with Crippen LogP contribution in [0.15, 0.2) is 35.1 Å². The average Bonchev–Trinajstić information content (AvgIpc) is 3.08. The van der Waals surface area contributed by atoms with Crippen LogP contribution in [0, 0.1) is 0 Å². The van der Waals surface area contributed by atoms with E-state index in [0.717, 1.165) is 77.2 Å². The fourth-order valence-corrected chi connectivity index (χ4v) is 5.44. The van der Waals surface area contributed by atoms with Crippen molar-refractivity contribution < 1.29 is 4.74 Å². The Hall–Kier alpha value is -2.64. The lowest BCUT2D eigenvalue weighted by Gasteiger charge is -2.25. The van der Waals surface area contributed by atoms with Crippen LogP contribution in [0.25, 0.3) is 11.3 Å². The molecule has 1 aromatic carbocycles. The van der Waals surface area contributed by atoms with Gasteiger partial charge in [-0.25, -0.2) is 0 Å². The van der Waals surface area contributed by atoms with Gasteiger partial charge < -0.3 is 20.7 Å². The number of rotatable bonds is 4. The smallest absolute Gasteiger partial charge is 0.0974 e. The zero-order valence-corrected chi connectivity index (χ0v) is 19.0. The first kappa shape index (κ1) is 21.2. The van der Waals surface area contributed by atoms with Crippen molar-refractivity contribution in [2.75, 3.05) is 33.4 Å². The number of aliphatic imine (C=N–C) groups is 1. The number of nitrogens with one attached hydrogen (secondary N) is 1. The molecular formula is C25H34N6O. The van der Waals surface area contributed by atoms with Crippen molar-refractivity contribution in [3.8, 4) is 11.3 Å². The molecule has 0 unspecified atom stereocenters. The van der Waals surface area contributed by atoms with Crippen molar-refractivity contribution in [3.63, 3.8) is 0 Å². The molecule has 3 aliphatic heterocycles. The second kappa shape index (κ2) is 9.46. The highest BCUT2D eigenvalue weighted by Gasteiger charge is 2.28. The number of benzene rings is 1. The highest BCUT2D eigenvalue weighted by Crippen LogP contribution is 2.36. The molecule has 170 valence electrons. The number of ether oxygens (including phenoxy) is 1. The van der Waals surface area contributed by atoms with E-state index in [1.165, 1.54) is 33.6 Å². The molecule has 0 aliphatic carbocycles. The topological polar surface area (TPSA) is 80.7 Å². The van der Waals surface area contributed by atoms with E-state index in [2.05, 4.69) is 38.1 Å². The summed E-state index contributed by atoms with van der Waals surface area (Å²) in [5, 5.41) is 8.86. The van der Waals surface area contributed by atoms with Crippen molar-refractivity contribution >= 4 is 6.21 Å². The molecule has 0 amide bonds. The van der Waals surface area contributed by atoms with Crippen molar-refractivity contribution in [1.29, 1.82) is 0 Å². The molecule has 3 N–H and O–H groups in total. The van der Waals surface area contributed by atoms with Crippen LogP contribution in [0.3, 0.4) is 0 Å². The van der Waals surface area contributed by atoms with E-state index < -0.39 is 0 Å². The maximum atomic E-state index is 5.91. The zero-order valence-electron chi connectivity index (χ0n) is 19.0. The monoisotopic (exact) mass is 434 g/mol. The third kappa shape index (κ3) is 3.95. The Labute approximate surface area is 190 Å². The van der Waals surface area contributed by atoms with Gasteiger partial charge in [-0.05, 0) is 36.8 Å². The average molecular weight is 435 g/mol. The number of hydrogen-bond acceptors (Lipinski definition) is 6. The zero-order chi connectivity index (χ0) is 21.9. The molecule has 1 saturated heterocycles. The predicted molar refractivity (Wildman–Crippen MR) is 128 cm³/mol. The van der Waals surface area contributed by atoms with E-state index in [-0.39, 0.29) is 0 Å². The van der Waals surface area contributed by atoms with Gasteiger partial charge in [0.1, 0.15) is 0 Å². The van der Waals surface area contributed by atoms with Crippen LogP contribution in [0.4, 0.5) is 0 Å². The number of aromatic nitrogens is 2. The number of fused-ring (bicyclic) bond motifs is 2. The summed E-state index contributed by atoms with van der Waals surface area (Å²) in [5.41, 5.74) is 15.0. The minimum atomic E-state index is 0.452. The van der Waals surface area contributed by atoms with Gasteiger partial charge in [0.05, 0.1) is 17.4 Å². The number of nitrogens with two attached hydrogens (primary N) is 1. The largest absolute Gasteiger partial charge is 0.403 e. The standard InChI is InChI=1S/C25H34N6O/c1-27-15-20(14-26)30-11-3-6-21-18(17-30)4-2-5-22(21)25-23-16-28-10-7-24(23)31(29-25)19-8-12-32-13-9-19/h2,4-5,14-15,19,28H,3,6-13,16-17,26H2,1H3. The molecule has 0 radical (unpaired) electrons. The Balaban J connectivity index is 1.55. The molecule has 0 spiro atoms. The SMILES string of the molecule is CN=CC(=CN)N1CCCc2c(cccc2-c2nn(C3CCOCC3)c3c2CNCC3)C1.